The average molecular weight is 235 g/mol. The number of rotatable bonds is 2. The molecule has 0 saturated carbocycles. The fourth-order valence-corrected chi connectivity index (χ4v) is 1.63. The van der Waals surface area contributed by atoms with E-state index in [0.29, 0.717) is 10.8 Å². The van der Waals surface area contributed by atoms with Crippen molar-refractivity contribution in [2.45, 2.75) is 0 Å². The SMILES string of the molecule is COc1cccc(-c2cc(Cl)cnc2N)c1. The normalized spacial score (nSPS) is 10.1. The van der Waals surface area contributed by atoms with Crippen LogP contribution in [0.4, 0.5) is 5.82 Å². The third-order valence-electron chi connectivity index (χ3n) is 2.27. The van der Waals surface area contributed by atoms with Crippen molar-refractivity contribution in [1.29, 1.82) is 0 Å². The second-order valence-electron chi connectivity index (χ2n) is 3.32. The van der Waals surface area contributed by atoms with Gasteiger partial charge in [-0.3, -0.25) is 0 Å². The van der Waals surface area contributed by atoms with Crippen LogP contribution in [-0.2, 0) is 0 Å². The molecule has 2 aromatic rings. The first-order valence-corrected chi connectivity index (χ1v) is 5.14. The Balaban J connectivity index is 2.53. The summed E-state index contributed by atoms with van der Waals surface area (Å²) in [6, 6.07) is 9.39. The Bertz CT molecular complexity index is 514. The molecule has 2 rings (SSSR count). The zero-order valence-electron chi connectivity index (χ0n) is 8.77. The van der Waals surface area contributed by atoms with Crippen LogP contribution >= 0.6 is 11.6 Å². The fraction of sp³-hybridized carbons (Fsp3) is 0.0833. The predicted octanol–water partition coefficient (Wildman–Crippen LogP) is 2.99. The van der Waals surface area contributed by atoms with Gasteiger partial charge in [0.25, 0.3) is 0 Å². The molecule has 0 aliphatic carbocycles. The van der Waals surface area contributed by atoms with Gasteiger partial charge in [-0.2, -0.15) is 0 Å². The maximum absolute atomic E-state index is 5.89. The van der Waals surface area contributed by atoms with E-state index < -0.39 is 0 Å². The average Bonchev–Trinajstić information content (AvgIpc) is 2.32. The van der Waals surface area contributed by atoms with E-state index in [0.717, 1.165) is 16.9 Å². The summed E-state index contributed by atoms with van der Waals surface area (Å²) in [5, 5.41) is 0.562. The summed E-state index contributed by atoms with van der Waals surface area (Å²) in [5.74, 6) is 1.23. The van der Waals surface area contributed by atoms with Gasteiger partial charge in [0, 0.05) is 11.8 Å². The minimum absolute atomic E-state index is 0.456. The number of halogens is 1. The molecule has 0 aliphatic rings. The van der Waals surface area contributed by atoms with Crippen molar-refractivity contribution in [2.24, 2.45) is 0 Å². The second kappa shape index (κ2) is 4.41. The molecule has 3 nitrogen and oxygen atoms in total. The minimum Gasteiger partial charge on any atom is -0.497 e. The molecule has 0 saturated heterocycles. The van der Waals surface area contributed by atoms with Crippen LogP contribution in [-0.4, -0.2) is 12.1 Å². The van der Waals surface area contributed by atoms with E-state index >= 15 is 0 Å². The lowest BCUT2D eigenvalue weighted by molar-refractivity contribution is 0.415. The number of nitrogens with zero attached hydrogens (tertiary/aromatic N) is 1. The summed E-state index contributed by atoms with van der Waals surface area (Å²) in [7, 11) is 1.62. The monoisotopic (exact) mass is 234 g/mol. The highest BCUT2D eigenvalue weighted by molar-refractivity contribution is 6.30. The van der Waals surface area contributed by atoms with E-state index in [4.69, 9.17) is 22.1 Å². The van der Waals surface area contributed by atoms with Crippen molar-refractivity contribution in [2.75, 3.05) is 12.8 Å². The molecule has 0 fully saturated rings. The fourth-order valence-electron chi connectivity index (χ4n) is 1.47. The number of anilines is 1. The van der Waals surface area contributed by atoms with Gasteiger partial charge in [0.15, 0.2) is 0 Å². The molecule has 0 spiro atoms. The number of methoxy groups -OCH3 is 1. The van der Waals surface area contributed by atoms with E-state index in [1.165, 1.54) is 6.20 Å². The van der Waals surface area contributed by atoms with E-state index in [1.54, 1.807) is 13.2 Å². The standard InChI is InChI=1S/C12H11ClN2O/c1-16-10-4-2-3-8(5-10)11-6-9(13)7-15-12(11)14/h2-7H,1H3,(H2,14,15). The van der Waals surface area contributed by atoms with E-state index in [-0.39, 0.29) is 0 Å². The number of nitrogens with two attached hydrogens (primary N) is 1. The molecule has 0 radical (unpaired) electrons. The molecule has 1 aromatic carbocycles. The molecule has 0 bridgehead atoms. The largest absolute Gasteiger partial charge is 0.497 e. The summed E-state index contributed by atoms with van der Waals surface area (Å²) in [5.41, 5.74) is 7.55. The Morgan fingerprint density at radius 2 is 2.12 bits per heavy atom. The quantitative estimate of drug-likeness (QED) is 0.869. The smallest absolute Gasteiger partial charge is 0.131 e. The van der Waals surface area contributed by atoms with Crippen molar-refractivity contribution in [3.8, 4) is 16.9 Å². The van der Waals surface area contributed by atoms with Crippen LogP contribution in [0.1, 0.15) is 0 Å². The van der Waals surface area contributed by atoms with Crippen LogP contribution in [0.5, 0.6) is 5.75 Å². The molecule has 0 amide bonds. The Morgan fingerprint density at radius 3 is 2.88 bits per heavy atom. The van der Waals surface area contributed by atoms with Crippen molar-refractivity contribution in [1.82, 2.24) is 4.98 Å². The first-order valence-electron chi connectivity index (χ1n) is 4.76. The summed E-state index contributed by atoms with van der Waals surface area (Å²) in [6.45, 7) is 0. The van der Waals surface area contributed by atoms with Crippen molar-refractivity contribution < 1.29 is 4.74 Å². The maximum Gasteiger partial charge on any atom is 0.131 e. The van der Waals surface area contributed by atoms with Crippen LogP contribution < -0.4 is 10.5 Å². The van der Waals surface area contributed by atoms with Gasteiger partial charge in [0.1, 0.15) is 11.6 Å². The summed E-state index contributed by atoms with van der Waals surface area (Å²) in [4.78, 5) is 4.02. The van der Waals surface area contributed by atoms with Crippen LogP contribution in [0, 0.1) is 0 Å². The molecule has 16 heavy (non-hydrogen) atoms. The van der Waals surface area contributed by atoms with Gasteiger partial charge in [0.2, 0.25) is 0 Å². The van der Waals surface area contributed by atoms with Crippen molar-refractivity contribution in [3.05, 3.63) is 41.6 Å². The number of hydrogen-bond acceptors (Lipinski definition) is 3. The molecule has 0 atom stereocenters. The van der Waals surface area contributed by atoms with Gasteiger partial charge in [-0.15, -0.1) is 0 Å². The molecular weight excluding hydrogens is 224 g/mol. The first kappa shape index (κ1) is 10.8. The molecule has 1 aromatic heterocycles. The Hall–Kier alpha value is -1.74. The maximum atomic E-state index is 5.89. The molecule has 82 valence electrons. The third-order valence-corrected chi connectivity index (χ3v) is 2.47. The molecule has 0 unspecified atom stereocenters. The molecule has 4 heteroatoms. The molecule has 1 heterocycles. The Kier molecular flexibility index (Phi) is 2.97. The zero-order valence-corrected chi connectivity index (χ0v) is 9.53. The van der Waals surface area contributed by atoms with Crippen LogP contribution in [0.25, 0.3) is 11.1 Å². The number of aromatic nitrogens is 1. The van der Waals surface area contributed by atoms with Gasteiger partial charge in [-0.1, -0.05) is 23.7 Å². The summed E-state index contributed by atoms with van der Waals surface area (Å²) < 4.78 is 5.15. The number of benzene rings is 1. The van der Waals surface area contributed by atoms with E-state index in [1.807, 2.05) is 24.3 Å². The summed E-state index contributed by atoms with van der Waals surface area (Å²) >= 11 is 5.89. The van der Waals surface area contributed by atoms with Crippen LogP contribution in [0.2, 0.25) is 5.02 Å². The third kappa shape index (κ3) is 2.09. The molecular formula is C12H11ClN2O. The van der Waals surface area contributed by atoms with Gasteiger partial charge in [-0.25, -0.2) is 4.98 Å². The first-order chi connectivity index (χ1) is 7.70. The van der Waals surface area contributed by atoms with Gasteiger partial charge in [-0.05, 0) is 23.8 Å². The number of hydrogen-bond donors (Lipinski definition) is 1. The van der Waals surface area contributed by atoms with E-state index in [9.17, 15) is 0 Å². The molecule has 0 aliphatic heterocycles. The van der Waals surface area contributed by atoms with Gasteiger partial charge >= 0.3 is 0 Å². The highest BCUT2D eigenvalue weighted by Crippen LogP contribution is 2.29. The van der Waals surface area contributed by atoms with Gasteiger partial charge in [0.05, 0.1) is 12.1 Å². The Labute approximate surface area is 98.8 Å². The van der Waals surface area contributed by atoms with Crippen LogP contribution in [0.15, 0.2) is 36.5 Å². The summed E-state index contributed by atoms with van der Waals surface area (Å²) in [6.07, 6.45) is 1.53. The lowest BCUT2D eigenvalue weighted by Crippen LogP contribution is -1.94. The highest BCUT2D eigenvalue weighted by Gasteiger charge is 2.05. The minimum atomic E-state index is 0.456. The lowest BCUT2D eigenvalue weighted by Gasteiger charge is -2.07. The number of ether oxygens (including phenoxy) is 1. The number of pyridine rings is 1. The molecule has 2 N–H and O–H groups in total. The van der Waals surface area contributed by atoms with Crippen molar-refractivity contribution >= 4 is 17.4 Å². The number of nitrogen functional groups attached to an aromatic ring is 1. The van der Waals surface area contributed by atoms with Crippen LogP contribution in [0.3, 0.4) is 0 Å². The van der Waals surface area contributed by atoms with Gasteiger partial charge < -0.3 is 10.5 Å². The predicted molar refractivity (Wildman–Crippen MR) is 65.6 cm³/mol. The Morgan fingerprint density at radius 1 is 1.31 bits per heavy atom. The zero-order chi connectivity index (χ0) is 11.5. The highest BCUT2D eigenvalue weighted by atomic mass is 35.5. The lowest BCUT2D eigenvalue weighted by atomic mass is 10.1. The van der Waals surface area contributed by atoms with Crippen molar-refractivity contribution in [3.63, 3.8) is 0 Å². The topological polar surface area (TPSA) is 48.1 Å². The van der Waals surface area contributed by atoms with E-state index in [2.05, 4.69) is 4.98 Å². The second-order valence-corrected chi connectivity index (χ2v) is 3.75.